The van der Waals surface area contributed by atoms with E-state index in [0.717, 1.165) is 19.6 Å². The molecule has 0 aromatic carbocycles. The Bertz CT molecular complexity index is 151. The molecule has 0 saturated heterocycles. The van der Waals surface area contributed by atoms with Crippen molar-refractivity contribution in [1.82, 2.24) is 5.32 Å². The fraction of sp³-hybridized carbons (Fsp3) is 1.00. The van der Waals surface area contributed by atoms with E-state index in [1.54, 1.807) is 7.11 Å². The van der Waals surface area contributed by atoms with Crippen LogP contribution in [-0.4, -0.2) is 26.3 Å². The maximum Gasteiger partial charge on any atom is 0.0465 e. The van der Waals surface area contributed by atoms with E-state index in [1.165, 1.54) is 6.42 Å². The van der Waals surface area contributed by atoms with Gasteiger partial charge in [-0.2, -0.15) is 0 Å². The summed E-state index contributed by atoms with van der Waals surface area (Å²) in [5, 5.41) is 3.59. The minimum Gasteiger partial charge on any atom is -0.385 e. The molecular weight excluding hydrogens is 186 g/mol. The van der Waals surface area contributed by atoms with Crippen LogP contribution in [0.4, 0.5) is 0 Å². The van der Waals surface area contributed by atoms with E-state index in [-0.39, 0.29) is 0 Å². The summed E-state index contributed by atoms with van der Waals surface area (Å²) in [5.41, 5.74) is 0.397. The lowest BCUT2D eigenvalue weighted by Crippen LogP contribution is -2.38. The molecule has 0 aromatic rings. The highest BCUT2D eigenvalue weighted by atomic mass is 16.5. The molecular formula is C13H29NO. The van der Waals surface area contributed by atoms with Gasteiger partial charge < -0.3 is 10.1 Å². The topological polar surface area (TPSA) is 21.3 Å². The van der Waals surface area contributed by atoms with Crippen molar-refractivity contribution in [2.45, 2.75) is 53.5 Å². The van der Waals surface area contributed by atoms with Crippen LogP contribution in [0.5, 0.6) is 0 Å². The van der Waals surface area contributed by atoms with E-state index < -0.39 is 0 Å². The second kappa shape index (κ2) is 7.24. The number of hydrogen-bond donors (Lipinski definition) is 1. The molecule has 0 aromatic heterocycles. The quantitative estimate of drug-likeness (QED) is 0.704. The monoisotopic (exact) mass is 215 g/mol. The molecule has 0 fully saturated rings. The Hall–Kier alpha value is -0.0800. The van der Waals surface area contributed by atoms with E-state index in [1.807, 2.05) is 0 Å². The molecule has 0 heterocycles. The van der Waals surface area contributed by atoms with Crippen molar-refractivity contribution in [3.8, 4) is 0 Å². The van der Waals surface area contributed by atoms with Crippen molar-refractivity contribution >= 4 is 0 Å². The third-order valence-electron chi connectivity index (χ3n) is 2.76. The minimum absolute atomic E-state index is 0.397. The molecule has 92 valence electrons. The molecule has 2 atom stereocenters. The summed E-state index contributed by atoms with van der Waals surface area (Å²) in [5.74, 6) is 0.684. The standard InChI is InChI=1S/C13H29NO/c1-7-14-12(10-13(3,4)5)11(2)8-9-15-6/h11-12,14H,7-10H2,1-6H3. The number of nitrogens with one attached hydrogen (secondary N) is 1. The average Bonchev–Trinajstić information content (AvgIpc) is 2.11. The first-order valence-corrected chi connectivity index (χ1v) is 6.13. The first kappa shape index (κ1) is 14.9. The van der Waals surface area contributed by atoms with Gasteiger partial charge in [0.1, 0.15) is 0 Å². The molecule has 2 nitrogen and oxygen atoms in total. The van der Waals surface area contributed by atoms with E-state index in [4.69, 9.17) is 4.74 Å². The summed E-state index contributed by atoms with van der Waals surface area (Å²) in [6.07, 6.45) is 2.37. The van der Waals surface area contributed by atoms with Crippen molar-refractivity contribution in [2.24, 2.45) is 11.3 Å². The Morgan fingerprint density at radius 3 is 2.27 bits per heavy atom. The molecule has 0 aliphatic carbocycles. The van der Waals surface area contributed by atoms with Crippen molar-refractivity contribution in [3.63, 3.8) is 0 Å². The Labute approximate surface area is 95.8 Å². The van der Waals surface area contributed by atoms with Crippen LogP contribution in [0.2, 0.25) is 0 Å². The highest BCUT2D eigenvalue weighted by Gasteiger charge is 2.22. The molecule has 0 rings (SSSR count). The molecule has 0 aliphatic rings. The second-order valence-corrected chi connectivity index (χ2v) is 5.69. The van der Waals surface area contributed by atoms with Crippen LogP contribution in [0.1, 0.15) is 47.5 Å². The Kier molecular flexibility index (Phi) is 7.20. The zero-order valence-electron chi connectivity index (χ0n) is 11.4. The largest absolute Gasteiger partial charge is 0.385 e. The molecule has 0 saturated carbocycles. The first-order valence-electron chi connectivity index (χ1n) is 6.13. The maximum absolute atomic E-state index is 5.14. The van der Waals surface area contributed by atoms with Crippen LogP contribution in [0.15, 0.2) is 0 Å². The van der Waals surface area contributed by atoms with Gasteiger partial charge in [-0.25, -0.2) is 0 Å². The predicted molar refractivity (Wildman–Crippen MR) is 67.2 cm³/mol. The Morgan fingerprint density at radius 2 is 1.87 bits per heavy atom. The van der Waals surface area contributed by atoms with Crippen LogP contribution in [0, 0.1) is 11.3 Å². The SMILES string of the molecule is CCNC(CC(C)(C)C)C(C)CCOC. The van der Waals surface area contributed by atoms with Crippen molar-refractivity contribution in [3.05, 3.63) is 0 Å². The molecule has 15 heavy (non-hydrogen) atoms. The Morgan fingerprint density at radius 1 is 1.27 bits per heavy atom. The summed E-state index contributed by atoms with van der Waals surface area (Å²) in [7, 11) is 1.78. The lowest BCUT2D eigenvalue weighted by molar-refractivity contribution is 0.160. The molecule has 0 amide bonds. The summed E-state index contributed by atoms with van der Waals surface area (Å²) in [6.45, 7) is 13.3. The average molecular weight is 215 g/mol. The normalized spacial score (nSPS) is 16.4. The third-order valence-corrected chi connectivity index (χ3v) is 2.76. The highest BCUT2D eigenvalue weighted by Crippen LogP contribution is 2.25. The minimum atomic E-state index is 0.397. The lowest BCUT2D eigenvalue weighted by atomic mass is 9.82. The Balaban J connectivity index is 4.12. The predicted octanol–water partition coefficient (Wildman–Crippen LogP) is 3.07. The fourth-order valence-electron chi connectivity index (χ4n) is 1.90. The summed E-state index contributed by atoms with van der Waals surface area (Å²) >= 11 is 0. The number of methoxy groups -OCH3 is 1. The van der Waals surface area contributed by atoms with Gasteiger partial charge in [0.25, 0.3) is 0 Å². The smallest absolute Gasteiger partial charge is 0.0465 e. The van der Waals surface area contributed by atoms with Gasteiger partial charge in [-0.15, -0.1) is 0 Å². The van der Waals surface area contributed by atoms with Gasteiger partial charge in [0.2, 0.25) is 0 Å². The summed E-state index contributed by atoms with van der Waals surface area (Å²) in [4.78, 5) is 0. The molecule has 1 N–H and O–H groups in total. The number of hydrogen-bond acceptors (Lipinski definition) is 2. The molecule has 0 aliphatic heterocycles. The maximum atomic E-state index is 5.14. The third kappa shape index (κ3) is 7.80. The van der Waals surface area contributed by atoms with Gasteiger partial charge in [-0.1, -0.05) is 34.6 Å². The summed E-state index contributed by atoms with van der Waals surface area (Å²) in [6, 6.07) is 0.616. The van der Waals surface area contributed by atoms with Gasteiger partial charge in [0.15, 0.2) is 0 Å². The van der Waals surface area contributed by atoms with Crippen LogP contribution >= 0.6 is 0 Å². The van der Waals surface area contributed by atoms with Crippen LogP contribution in [-0.2, 0) is 4.74 Å². The van der Waals surface area contributed by atoms with Crippen LogP contribution in [0.25, 0.3) is 0 Å². The van der Waals surface area contributed by atoms with E-state index >= 15 is 0 Å². The zero-order valence-corrected chi connectivity index (χ0v) is 11.4. The van der Waals surface area contributed by atoms with Crippen molar-refractivity contribution < 1.29 is 4.74 Å². The van der Waals surface area contributed by atoms with Crippen molar-refractivity contribution in [2.75, 3.05) is 20.3 Å². The first-order chi connectivity index (χ1) is 6.90. The van der Waals surface area contributed by atoms with Gasteiger partial charge in [0, 0.05) is 19.8 Å². The van der Waals surface area contributed by atoms with Gasteiger partial charge in [0.05, 0.1) is 0 Å². The fourth-order valence-corrected chi connectivity index (χ4v) is 1.90. The zero-order chi connectivity index (χ0) is 11.9. The highest BCUT2D eigenvalue weighted by molar-refractivity contribution is 4.78. The van der Waals surface area contributed by atoms with E-state index in [2.05, 4.69) is 39.9 Å². The van der Waals surface area contributed by atoms with E-state index in [9.17, 15) is 0 Å². The molecule has 0 bridgehead atoms. The lowest BCUT2D eigenvalue weighted by Gasteiger charge is -2.31. The van der Waals surface area contributed by atoms with Gasteiger partial charge in [-0.05, 0) is 30.7 Å². The van der Waals surface area contributed by atoms with Crippen LogP contribution in [0.3, 0.4) is 0 Å². The molecule has 2 heteroatoms. The second-order valence-electron chi connectivity index (χ2n) is 5.69. The summed E-state index contributed by atoms with van der Waals surface area (Å²) < 4.78 is 5.14. The van der Waals surface area contributed by atoms with Crippen molar-refractivity contribution in [1.29, 1.82) is 0 Å². The van der Waals surface area contributed by atoms with Gasteiger partial charge >= 0.3 is 0 Å². The van der Waals surface area contributed by atoms with E-state index in [0.29, 0.717) is 17.4 Å². The number of ether oxygens (including phenoxy) is 1. The molecule has 2 unspecified atom stereocenters. The van der Waals surface area contributed by atoms with Crippen LogP contribution < -0.4 is 5.32 Å². The molecule has 0 radical (unpaired) electrons. The molecule has 0 spiro atoms. The number of rotatable bonds is 7. The van der Waals surface area contributed by atoms with Gasteiger partial charge in [-0.3, -0.25) is 0 Å².